The molecule has 0 fully saturated rings. The van der Waals surface area contributed by atoms with Crippen molar-refractivity contribution >= 4 is 11.9 Å². The Morgan fingerprint density at radius 1 is 1.12 bits per heavy atom. The number of carbonyl (C=O) groups excluding carboxylic acids is 2. The molecule has 0 aromatic heterocycles. The summed E-state index contributed by atoms with van der Waals surface area (Å²) in [6, 6.07) is 16.0. The first kappa shape index (κ1) is 17.5. The number of hydrogen-bond acceptors (Lipinski definition) is 3. The van der Waals surface area contributed by atoms with Gasteiger partial charge in [0.05, 0.1) is 0 Å². The highest BCUT2D eigenvalue weighted by molar-refractivity contribution is 5.98. The zero-order valence-corrected chi connectivity index (χ0v) is 13.7. The molecule has 0 saturated carbocycles. The molecule has 1 atom stereocenters. The molecule has 0 spiro atoms. The molecule has 2 rings (SSSR count). The number of carbonyl (C=O) groups is 2. The van der Waals surface area contributed by atoms with Crippen molar-refractivity contribution in [3.8, 4) is 0 Å². The van der Waals surface area contributed by atoms with E-state index in [9.17, 15) is 9.59 Å². The van der Waals surface area contributed by atoms with E-state index >= 15 is 0 Å². The number of aryl methyl sites for hydroxylation is 1. The van der Waals surface area contributed by atoms with Gasteiger partial charge in [-0.25, -0.2) is 4.79 Å². The predicted molar refractivity (Wildman–Crippen MR) is 93.7 cm³/mol. The third-order valence-electron chi connectivity index (χ3n) is 3.61. The molecule has 2 aromatic rings. The van der Waals surface area contributed by atoms with Crippen molar-refractivity contribution < 1.29 is 14.3 Å². The smallest absolute Gasteiger partial charge is 0.329 e. The van der Waals surface area contributed by atoms with Gasteiger partial charge in [-0.15, -0.1) is 0 Å². The van der Waals surface area contributed by atoms with Crippen LogP contribution in [0.1, 0.15) is 21.5 Å². The third kappa shape index (κ3) is 4.81. The zero-order valence-electron chi connectivity index (χ0n) is 13.7. The van der Waals surface area contributed by atoms with Crippen LogP contribution in [0.2, 0.25) is 0 Å². The minimum absolute atomic E-state index is 0.115. The summed E-state index contributed by atoms with van der Waals surface area (Å²) in [5, 5.41) is 2.78. The molecule has 124 valence electrons. The van der Waals surface area contributed by atoms with Gasteiger partial charge in [-0.3, -0.25) is 4.79 Å². The highest BCUT2D eigenvalue weighted by Crippen LogP contribution is 2.09. The Bertz CT molecular complexity index is 710. The predicted octanol–water partition coefficient (Wildman–Crippen LogP) is 3.07. The number of amides is 1. The maximum atomic E-state index is 12.5. The summed E-state index contributed by atoms with van der Waals surface area (Å²) in [6.45, 7) is 5.51. The van der Waals surface area contributed by atoms with Gasteiger partial charge in [-0.2, -0.15) is 0 Å². The molecule has 1 N–H and O–H groups in total. The van der Waals surface area contributed by atoms with Crippen LogP contribution in [0.4, 0.5) is 0 Å². The van der Waals surface area contributed by atoms with E-state index in [0.29, 0.717) is 12.0 Å². The molecule has 24 heavy (non-hydrogen) atoms. The Balaban J connectivity index is 2.15. The highest BCUT2D eigenvalue weighted by atomic mass is 16.5. The van der Waals surface area contributed by atoms with Crippen molar-refractivity contribution in [1.29, 1.82) is 0 Å². The Morgan fingerprint density at radius 2 is 1.79 bits per heavy atom. The van der Waals surface area contributed by atoms with E-state index in [1.165, 1.54) is 6.08 Å². The lowest BCUT2D eigenvalue weighted by molar-refractivity contribution is -0.144. The molecule has 0 bridgehead atoms. The lowest BCUT2D eigenvalue weighted by Gasteiger charge is -2.18. The lowest BCUT2D eigenvalue weighted by atomic mass is 10.0. The van der Waals surface area contributed by atoms with Crippen molar-refractivity contribution in [2.45, 2.75) is 19.4 Å². The topological polar surface area (TPSA) is 55.4 Å². The standard InChI is InChI=1S/C20H21NO3/c1-3-13-24-20(23)18(14-16-10-5-4-6-11-16)21-19(22)17-12-8-7-9-15(17)2/h3-12,18H,1,13-14H2,2H3,(H,21,22)/t18-/m1/s1. The van der Waals surface area contributed by atoms with Crippen LogP contribution in [-0.4, -0.2) is 24.5 Å². The quantitative estimate of drug-likeness (QED) is 0.629. The van der Waals surface area contributed by atoms with Crippen LogP contribution >= 0.6 is 0 Å². The van der Waals surface area contributed by atoms with Gasteiger partial charge in [0.15, 0.2) is 0 Å². The van der Waals surface area contributed by atoms with Crippen LogP contribution in [0.3, 0.4) is 0 Å². The van der Waals surface area contributed by atoms with E-state index in [1.54, 1.807) is 12.1 Å². The normalized spacial score (nSPS) is 11.4. The largest absolute Gasteiger partial charge is 0.460 e. The average Bonchev–Trinajstić information content (AvgIpc) is 2.60. The SMILES string of the molecule is C=CCOC(=O)[C@@H](Cc1ccccc1)NC(=O)c1ccccc1C. The number of hydrogen-bond donors (Lipinski definition) is 1. The summed E-state index contributed by atoms with van der Waals surface area (Å²) in [7, 11) is 0. The molecule has 0 aliphatic rings. The first-order chi connectivity index (χ1) is 11.6. The molecular formula is C20H21NO3. The average molecular weight is 323 g/mol. The van der Waals surface area contributed by atoms with Crippen molar-refractivity contribution in [2.24, 2.45) is 0 Å². The maximum absolute atomic E-state index is 12.5. The van der Waals surface area contributed by atoms with Crippen LogP contribution in [0.5, 0.6) is 0 Å². The molecule has 4 nitrogen and oxygen atoms in total. The second-order valence-corrected chi connectivity index (χ2v) is 5.45. The Kier molecular flexibility index (Phi) is 6.32. The van der Waals surface area contributed by atoms with Crippen LogP contribution < -0.4 is 5.32 Å². The number of rotatable bonds is 7. The van der Waals surface area contributed by atoms with Crippen LogP contribution in [0.25, 0.3) is 0 Å². The van der Waals surface area contributed by atoms with E-state index in [4.69, 9.17) is 4.74 Å². The van der Waals surface area contributed by atoms with E-state index in [1.807, 2.05) is 49.4 Å². The van der Waals surface area contributed by atoms with Gasteiger partial charge >= 0.3 is 5.97 Å². The van der Waals surface area contributed by atoms with Crippen molar-refractivity contribution in [3.63, 3.8) is 0 Å². The summed E-state index contributed by atoms with van der Waals surface area (Å²) in [5.41, 5.74) is 2.35. The summed E-state index contributed by atoms with van der Waals surface area (Å²) in [4.78, 5) is 24.8. The van der Waals surface area contributed by atoms with Crippen molar-refractivity contribution in [3.05, 3.63) is 83.9 Å². The molecule has 2 aromatic carbocycles. The second kappa shape index (κ2) is 8.67. The monoisotopic (exact) mass is 323 g/mol. The maximum Gasteiger partial charge on any atom is 0.329 e. The fraction of sp³-hybridized carbons (Fsp3) is 0.200. The summed E-state index contributed by atoms with van der Waals surface area (Å²) in [6.07, 6.45) is 1.87. The number of esters is 1. The first-order valence-electron chi connectivity index (χ1n) is 7.79. The number of nitrogens with one attached hydrogen (secondary N) is 1. The van der Waals surface area contributed by atoms with Crippen LogP contribution in [0.15, 0.2) is 67.3 Å². The van der Waals surface area contributed by atoms with Gasteiger partial charge in [-0.1, -0.05) is 61.2 Å². The van der Waals surface area contributed by atoms with E-state index in [-0.39, 0.29) is 12.5 Å². The molecule has 1 amide bonds. The molecule has 0 radical (unpaired) electrons. The summed E-state index contributed by atoms with van der Waals surface area (Å²) < 4.78 is 5.12. The summed E-state index contributed by atoms with van der Waals surface area (Å²) in [5.74, 6) is -0.759. The molecular weight excluding hydrogens is 302 g/mol. The van der Waals surface area contributed by atoms with Gasteiger partial charge in [0, 0.05) is 12.0 Å². The molecule has 0 unspecified atom stereocenters. The van der Waals surface area contributed by atoms with Crippen LogP contribution in [0, 0.1) is 6.92 Å². The van der Waals surface area contributed by atoms with E-state index < -0.39 is 12.0 Å². The van der Waals surface area contributed by atoms with E-state index in [2.05, 4.69) is 11.9 Å². The number of benzene rings is 2. The highest BCUT2D eigenvalue weighted by Gasteiger charge is 2.23. The molecule has 0 heterocycles. The van der Waals surface area contributed by atoms with Crippen LogP contribution in [-0.2, 0) is 16.0 Å². The van der Waals surface area contributed by atoms with Gasteiger partial charge in [-0.05, 0) is 24.1 Å². The van der Waals surface area contributed by atoms with Gasteiger partial charge in [0.2, 0.25) is 0 Å². The Hall–Kier alpha value is -2.88. The Labute approximate surface area is 142 Å². The minimum Gasteiger partial charge on any atom is -0.460 e. The first-order valence-corrected chi connectivity index (χ1v) is 7.79. The third-order valence-corrected chi connectivity index (χ3v) is 3.61. The van der Waals surface area contributed by atoms with Crippen molar-refractivity contribution in [2.75, 3.05) is 6.61 Å². The van der Waals surface area contributed by atoms with Gasteiger partial charge in [0.25, 0.3) is 5.91 Å². The molecule has 4 heteroatoms. The summed E-state index contributed by atoms with van der Waals surface area (Å²) >= 11 is 0. The van der Waals surface area contributed by atoms with Gasteiger partial charge < -0.3 is 10.1 Å². The fourth-order valence-corrected chi connectivity index (χ4v) is 2.35. The molecule has 0 aliphatic heterocycles. The minimum atomic E-state index is -0.751. The zero-order chi connectivity index (χ0) is 17.4. The molecule has 0 aliphatic carbocycles. The van der Waals surface area contributed by atoms with E-state index in [0.717, 1.165) is 11.1 Å². The van der Waals surface area contributed by atoms with Crippen molar-refractivity contribution in [1.82, 2.24) is 5.32 Å². The molecule has 0 saturated heterocycles. The lowest BCUT2D eigenvalue weighted by Crippen LogP contribution is -2.43. The second-order valence-electron chi connectivity index (χ2n) is 5.45. The fourth-order valence-electron chi connectivity index (χ4n) is 2.35. The number of ether oxygens (including phenoxy) is 1. The Morgan fingerprint density at radius 3 is 2.46 bits per heavy atom. The van der Waals surface area contributed by atoms with Gasteiger partial charge in [0.1, 0.15) is 12.6 Å².